The van der Waals surface area contributed by atoms with E-state index in [0.29, 0.717) is 54.5 Å². The smallest absolute Gasteiger partial charge is 0.319 e. The summed E-state index contributed by atoms with van der Waals surface area (Å²) in [6, 6.07) is 5.57. The number of nitrogens with zero attached hydrogens (tertiary/aromatic N) is 5. The number of hydrogen-bond acceptors (Lipinski definition) is 8. The number of anilines is 1. The number of phenolic OH excluding ortho intramolecular Hbond substituents is 1. The van der Waals surface area contributed by atoms with Gasteiger partial charge in [-0.3, -0.25) is 9.88 Å². The highest BCUT2D eigenvalue weighted by atomic mass is 35.5. The fourth-order valence-corrected chi connectivity index (χ4v) is 7.66. The molecule has 2 aromatic heterocycles. The summed E-state index contributed by atoms with van der Waals surface area (Å²) in [7, 11) is 0. The fourth-order valence-electron chi connectivity index (χ4n) is 7.66. The number of piperidine rings is 1. The summed E-state index contributed by atoms with van der Waals surface area (Å²) in [6.45, 7) is 2.72. The first-order valence-corrected chi connectivity index (χ1v) is 14.6. The van der Waals surface area contributed by atoms with Crippen LogP contribution in [0.25, 0.3) is 32.9 Å². The molecule has 13 heteroatoms. The number of pyridine rings is 1. The Kier molecular flexibility index (Phi) is 7.93. The van der Waals surface area contributed by atoms with Gasteiger partial charge in [0, 0.05) is 49.2 Å². The number of hydrogen-bond donors (Lipinski definition) is 2. The Balaban J connectivity index is 0.00000179. The predicted octanol–water partition coefficient (Wildman–Crippen LogP) is 5.00. The number of nitrogens with two attached hydrogens (primary N) is 1. The molecular weight excluding hydrogens is 628 g/mol. The number of alkyl halides is 1. The largest absolute Gasteiger partial charge is 0.508 e. The van der Waals surface area contributed by atoms with Gasteiger partial charge in [0.15, 0.2) is 5.82 Å². The number of phenols is 1. The number of terminal acetylenes is 1. The van der Waals surface area contributed by atoms with Gasteiger partial charge in [0.05, 0.1) is 16.5 Å². The lowest BCUT2D eigenvalue weighted by Crippen LogP contribution is -2.43. The second kappa shape index (κ2) is 11.4. The maximum Gasteiger partial charge on any atom is 0.319 e. The van der Waals surface area contributed by atoms with Gasteiger partial charge in [0.25, 0.3) is 0 Å². The van der Waals surface area contributed by atoms with Gasteiger partial charge in [-0.2, -0.15) is 9.97 Å². The molecule has 1 saturated carbocycles. The van der Waals surface area contributed by atoms with Gasteiger partial charge in [-0.15, -0.1) is 31.2 Å². The van der Waals surface area contributed by atoms with Crippen LogP contribution in [0.15, 0.2) is 30.5 Å². The van der Waals surface area contributed by atoms with Crippen molar-refractivity contribution in [3.63, 3.8) is 0 Å². The van der Waals surface area contributed by atoms with E-state index >= 15 is 4.39 Å². The van der Waals surface area contributed by atoms with Gasteiger partial charge in [-0.05, 0) is 54.8 Å². The van der Waals surface area contributed by atoms with Crippen LogP contribution in [-0.2, 0) is 0 Å². The van der Waals surface area contributed by atoms with Crippen molar-refractivity contribution in [1.29, 1.82) is 0 Å². The molecule has 45 heavy (non-hydrogen) atoms. The molecular formula is C32H31Cl2F3N6O2. The van der Waals surface area contributed by atoms with Gasteiger partial charge in [0.2, 0.25) is 0 Å². The van der Waals surface area contributed by atoms with E-state index in [1.54, 1.807) is 0 Å². The van der Waals surface area contributed by atoms with Gasteiger partial charge < -0.3 is 20.5 Å². The van der Waals surface area contributed by atoms with Crippen molar-refractivity contribution in [3.05, 3.63) is 47.7 Å². The quantitative estimate of drug-likeness (QED) is 0.289. The lowest BCUT2D eigenvalue weighted by atomic mass is 9.95. The second-order valence-corrected chi connectivity index (χ2v) is 12.3. The molecule has 0 unspecified atom stereocenters. The topological polar surface area (TPSA) is 101 Å². The molecule has 236 valence electrons. The number of rotatable bonds is 5. The minimum absolute atomic E-state index is 0. The monoisotopic (exact) mass is 658 g/mol. The second-order valence-electron chi connectivity index (χ2n) is 12.3. The van der Waals surface area contributed by atoms with Crippen molar-refractivity contribution in [2.45, 2.75) is 37.0 Å². The van der Waals surface area contributed by atoms with E-state index in [1.807, 2.05) is 0 Å². The van der Waals surface area contributed by atoms with E-state index in [1.165, 1.54) is 30.5 Å². The maximum absolute atomic E-state index is 16.6. The molecule has 3 N–H and O–H groups in total. The van der Waals surface area contributed by atoms with Crippen molar-refractivity contribution < 1.29 is 23.0 Å². The molecule has 1 aliphatic carbocycles. The third-order valence-corrected chi connectivity index (χ3v) is 9.89. The summed E-state index contributed by atoms with van der Waals surface area (Å²) < 4.78 is 51.9. The number of halogens is 5. The first-order valence-electron chi connectivity index (χ1n) is 14.6. The zero-order chi connectivity index (χ0) is 29.6. The normalized spacial score (nSPS) is 26.7. The SMILES string of the molecule is C#Cc1c(F)ccc2cc(O)cc(-c3ncc4c(N5C[C@@H]6[C@@H](N)[C@@H]6C5)nc(OC[C@@]56CCCN5C[C@H](F)C6)nc4c3F)c12.Cl.Cl. The van der Waals surface area contributed by atoms with Crippen LogP contribution in [0.2, 0.25) is 0 Å². The van der Waals surface area contributed by atoms with Crippen molar-refractivity contribution >= 4 is 52.3 Å². The van der Waals surface area contributed by atoms with E-state index in [4.69, 9.17) is 21.9 Å². The molecule has 3 saturated heterocycles. The molecule has 2 aromatic carbocycles. The van der Waals surface area contributed by atoms with Crippen molar-refractivity contribution in [1.82, 2.24) is 19.9 Å². The average molecular weight is 660 g/mol. The Hall–Kier alpha value is -3.56. The highest BCUT2D eigenvalue weighted by Gasteiger charge is 2.54. The third kappa shape index (κ3) is 4.90. The Labute approximate surface area is 270 Å². The summed E-state index contributed by atoms with van der Waals surface area (Å²) in [4.78, 5) is 17.8. The molecule has 0 bridgehead atoms. The molecule has 0 radical (unpaired) electrons. The van der Waals surface area contributed by atoms with Crippen LogP contribution < -0.4 is 15.4 Å². The molecule has 0 amide bonds. The highest BCUT2D eigenvalue weighted by molar-refractivity contribution is 6.03. The zero-order valence-corrected chi connectivity index (χ0v) is 25.7. The third-order valence-electron chi connectivity index (χ3n) is 9.89. The van der Waals surface area contributed by atoms with Crippen LogP contribution >= 0.6 is 24.8 Å². The van der Waals surface area contributed by atoms with E-state index in [2.05, 4.69) is 25.7 Å². The number of fused-ring (bicyclic) bond motifs is 4. The van der Waals surface area contributed by atoms with E-state index in [-0.39, 0.29) is 76.9 Å². The molecule has 8 nitrogen and oxygen atoms in total. The van der Waals surface area contributed by atoms with Crippen LogP contribution in [-0.4, -0.2) is 75.5 Å². The van der Waals surface area contributed by atoms with Gasteiger partial charge in [-0.1, -0.05) is 12.0 Å². The molecule has 4 aliphatic rings. The Morgan fingerprint density at radius 2 is 1.91 bits per heavy atom. The summed E-state index contributed by atoms with van der Waals surface area (Å²) in [5.74, 6) is 1.95. The first kappa shape index (κ1) is 31.4. The predicted molar refractivity (Wildman–Crippen MR) is 170 cm³/mol. The van der Waals surface area contributed by atoms with Crippen LogP contribution in [0.1, 0.15) is 24.8 Å². The van der Waals surface area contributed by atoms with E-state index in [0.717, 1.165) is 19.4 Å². The first-order chi connectivity index (χ1) is 20.8. The Morgan fingerprint density at radius 1 is 1.13 bits per heavy atom. The summed E-state index contributed by atoms with van der Waals surface area (Å²) in [5, 5.41) is 11.6. The molecule has 5 atom stereocenters. The minimum Gasteiger partial charge on any atom is -0.508 e. The van der Waals surface area contributed by atoms with E-state index in [9.17, 15) is 13.9 Å². The molecule has 0 spiro atoms. The van der Waals surface area contributed by atoms with Crippen LogP contribution in [0.4, 0.5) is 19.0 Å². The molecule has 3 aliphatic heterocycles. The van der Waals surface area contributed by atoms with Crippen LogP contribution in [0.5, 0.6) is 11.8 Å². The molecule has 4 aromatic rings. The average Bonchev–Trinajstić information content (AvgIpc) is 3.36. The summed E-state index contributed by atoms with van der Waals surface area (Å²) in [6.07, 6.45) is 8.36. The lowest BCUT2D eigenvalue weighted by Gasteiger charge is -2.31. The molecule has 4 fully saturated rings. The standard InChI is InChI=1S/C32H29F3N6O2.2ClH/c1-2-19-24(34)5-4-16-8-18(42)9-20(25(16)19)28-26(35)29-21(11-37-28)30(40-13-22-23(14-40)27(22)36)39-31(38-29)43-15-32-6-3-7-41(32)12-17(33)10-32;;/h1,4-5,8-9,11,17,22-23,27,42H,3,6-7,10,12-15,36H2;2*1H/t17-,22-,23+,27+,32+;;/m1../s1. The maximum atomic E-state index is 16.6. The number of aromatic nitrogens is 3. The van der Waals surface area contributed by atoms with Crippen molar-refractivity contribution in [2.75, 3.05) is 37.7 Å². The Morgan fingerprint density at radius 3 is 2.67 bits per heavy atom. The van der Waals surface area contributed by atoms with Gasteiger partial charge in [-0.25, -0.2) is 13.2 Å². The van der Waals surface area contributed by atoms with E-state index < -0.39 is 23.3 Å². The minimum atomic E-state index is -0.918. The lowest BCUT2D eigenvalue weighted by molar-refractivity contribution is 0.107. The molecule has 8 rings (SSSR count). The summed E-state index contributed by atoms with van der Waals surface area (Å²) >= 11 is 0. The molecule has 5 heterocycles. The van der Waals surface area contributed by atoms with Gasteiger partial charge in [0.1, 0.15) is 41.4 Å². The summed E-state index contributed by atoms with van der Waals surface area (Å²) in [5.41, 5.74) is 5.65. The van der Waals surface area contributed by atoms with Crippen LogP contribution in [0, 0.1) is 35.8 Å². The van der Waals surface area contributed by atoms with Crippen molar-refractivity contribution in [3.8, 4) is 35.4 Å². The fraction of sp³-hybridized carbons (Fsp3) is 0.406. The van der Waals surface area contributed by atoms with Gasteiger partial charge >= 0.3 is 6.01 Å². The zero-order valence-electron chi connectivity index (χ0n) is 24.0. The number of benzene rings is 2. The van der Waals surface area contributed by atoms with Crippen molar-refractivity contribution in [2.24, 2.45) is 17.6 Å². The number of aromatic hydroxyl groups is 1. The highest BCUT2D eigenvalue weighted by Crippen LogP contribution is 2.47. The van der Waals surface area contributed by atoms with Crippen LogP contribution in [0.3, 0.4) is 0 Å². The number of ether oxygens (including phenoxy) is 1. The Bertz CT molecular complexity index is 1860.